The third kappa shape index (κ3) is 4.54. The molecule has 5 nitrogen and oxygen atoms in total. The minimum absolute atomic E-state index is 0.0184. The summed E-state index contributed by atoms with van der Waals surface area (Å²) in [5.74, 6) is 0.352. The average Bonchev–Trinajstić information content (AvgIpc) is 2.97. The molecule has 1 atom stereocenters. The minimum Gasteiger partial charge on any atom is -0.464 e. The zero-order valence-corrected chi connectivity index (χ0v) is 15.3. The maximum absolute atomic E-state index is 12.2. The van der Waals surface area contributed by atoms with Gasteiger partial charge in [0, 0.05) is 42.2 Å². The highest BCUT2D eigenvalue weighted by Gasteiger charge is 2.19. The van der Waals surface area contributed by atoms with E-state index in [-0.39, 0.29) is 18.9 Å². The highest BCUT2D eigenvalue weighted by molar-refractivity contribution is 6.32. The number of aryl methyl sites for hydroxylation is 1. The lowest BCUT2D eigenvalue weighted by Crippen LogP contribution is -2.41. The Morgan fingerprint density at radius 1 is 1.48 bits per heavy atom. The summed E-state index contributed by atoms with van der Waals surface area (Å²) in [5.41, 5.74) is 2.57. The summed E-state index contributed by atoms with van der Waals surface area (Å²) in [6, 6.07) is 3.76. The molecule has 2 heterocycles. The highest BCUT2D eigenvalue weighted by Crippen LogP contribution is 2.27. The lowest BCUT2D eigenvalue weighted by Gasteiger charge is -2.31. The molecule has 2 N–H and O–H groups in total. The van der Waals surface area contributed by atoms with E-state index in [0.717, 1.165) is 54.6 Å². The molecule has 25 heavy (non-hydrogen) atoms. The molecule has 0 radical (unpaired) electrons. The molecule has 1 aromatic heterocycles. The normalized spacial score (nSPS) is 18.6. The molecule has 1 aliphatic heterocycles. The predicted molar refractivity (Wildman–Crippen MR) is 98.9 cm³/mol. The van der Waals surface area contributed by atoms with E-state index in [1.807, 2.05) is 19.1 Å². The first-order valence-electron chi connectivity index (χ1n) is 8.83. The number of piperidine rings is 1. The fourth-order valence-corrected chi connectivity index (χ4v) is 3.59. The van der Waals surface area contributed by atoms with Crippen LogP contribution in [0.2, 0.25) is 5.02 Å². The summed E-state index contributed by atoms with van der Waals surface area (Å²) in [6.45, 7) is 5.57. The third-order valence-electron chi connectivity index (χ3n) is 4.90. The highest BCUT2D eigenvalue weighted by atomic mass is 35.5. The first kappa shape index (κ1) is 18.2. The maximum Gasteiger partial charge on any atom is 0.224 e. The first-order valence-corrected chi connectivity index (χ1v) is 9.20. The molecule has 1 fully saturated rings. The van der Waals surface area contributed by atoms with Crippen molar-refractivity contribution in [2.24, 2.45) is 5.92 Å². The number of fused-ring (bicyclic) bond motifs is 1. The van der Waals surface area contributed by atoms with Crippen LogP contribution in [0.3, 0.4) is 0 Å². The fraction of sp³-hybridized carbons (Fsp3) is 0.526. The van der Waals surface area contributed by atoms with E-state index in [9.17, 15) is 9.90 Å². The van der Waals surface area contributed by atoms with E-state index in [2.05, 4.69) is 10.2 Å². The Hall–Kier alpha value is -1.56. The number of carbonyl (C=O) groups excluding carboxylic acids is 1. The number of carbonyl (C=O) groups is 1. The molecule has 0 aliphatic carbocycles. The Morgan fingerprint density at radius 3 is 3.12 bits per heavy atom. The maximum atomic E-state index is 12.2. The van der Waals surface area contributed by atoms with Gasteiger partial charge in [-0.1, -0.05) is 11.6 Å². The topological polar surface area (TPSA) is 65.7 Å². The van der Waals surface area contributed by atoms with E-state index in [0.29, 0.717) is 17.5 Å². The number of halogens is 1. The Balaban J connectivity index is 1.50. The zero-order chi connectivity index (χ0) is 17.8. The van der Waals surface area contributed by atoms with Gasteiger partial charge >= 0.3 is 0 Å². The van der Waals surface area contributed by atoms with Gasteiger partial charge in [0.2, 0.25) is 5.91 Å². The van der Waals surface area contributed by atoms with Gasteiger partial charge in [-0.25, -0.2) is 0 Å². The molecule has 3 rings (SSSR count). The summed E-state index contributed by atoms with van der Waals surface area (Å²) in [4.78, 5) is 14.5. The second kappa shape index (κ2) is 8.21. The van der Waals surface area contributed by atoms with Gasteiger partial charge in [0.05, 0.1) is 12.7 Å². The van der Waals surface area contributed by atoms with E-state index in [4.69, 9.17) is 16.0 Å². The van der Waals surface area contributed by atoms with Crippen LogP contribution in [-0.4, -0.2) is 48.7 Å². The van der Waals surface area contributed by atoms with Crippen molar-refractivity contribution < 1.29 is 14.3 Å². The summed E-state index contributed by atoms with van der Waals surface area (Å²) >= 11 is 6.18. The van der Waals surface area contributed by atoms with Gasteiger partial charge in [-0.05, 0) is 49.9 Å². The van der Waals surface area contributed by atoms with Crippen molar-refractivity contribution in [2.75, 3.05) is 32.8 Å². The van der Waals surface area contributed by atoms with Gasteiger partial charge in [0.15, 0.2) is 0 Å². The monoisotopic (exact) mass is 364 g/mol. The van der Waals surface area contributed by atoms with E-state index >= 15 is 0 Å². The van der Waals surface area contributed by atoms with Gasteiger partial charge < -0.3 is 19.7 Å². The number of furan rings is 1. The van der Waals surface area contributed by atoms with Crippen molar-refractivity contribution >= 4 is 28.5 Å². The molecule has 1 saturated heterocycles. The van der Waals surface area contributed by atoms with Gasteiger partial charge in [-0.15, -0.1) is 0 Å². The van der Waals surface area contributed by atoms with Gasteiger partial charge in [0.1, 0.15) is 5.58 Å². The lowest BCUT2D eigenvalue weighted by molar-refractivity contribution is -0.120. The van der Waals surface area contributed by atoms with Crippen LogP contribution in [-0.2, 0) is 11.2 Å². The average molecular weight is 365 g/mol. The number of benzene rings is 1. The van der Waals surface area contributed by atoms with Crippen LogP contribution in [0, 0.1) is 12.8 Å². The quantitative estimate of drug-likeness (QED) is 0.827. The Bertz CT molecular complexity index is 744. The van der Waals surface area contributed by atoms with Crippen LogP contribution in [0.5, 0.6) is 0 Å². The molecule has 1 aromatic carbocycles. The van der Waals surface area contributed by atoms with E-state index < -0.39 is 0 Å². The Morgan fingerprint density at radius 2 is 2.32 bits per heavy atom. The van der Waals surface area contributed by atoms with Gasteiger partial charge in [-0.2, -0.15) is 0 Å². The number of likely N-dealkylation sites (tertiary alicyclic amines) is 1. The lowest BCUT2D eigenvalue weighted by atomic mass is 9.99. The van der Waals surface area contributed by atoms with Crippen molar-refractivity contribution in [1.29, 1.82) is 0 Å². The minimum atomic E-state index is -0.0184. The van der Waals surface area contributed by atoms with E-state index in [1.165, 1.54) is 0 Å². The molecule has 6 heteroatoms. The molecular formula is C19H25ClN2O3. The number of aliphatic hydroxyl groups excluding tert-OH is 1. The molecule has 1 aliphatic rings. The van der Waals surface area contributed by atoms with Crippen LogP contribution >= 0.6 is 11.6 Å². The molecule has 0 bridgehead atoms. The number of nitrogens with zero attached hydrogens (tertiary/aromatic N) is 1. The molecule has 2 aromatic rings. The molecule has 0 unspecified atom stereocenters. The van der Waals surface area contributed by atoms with E-state index in [1.54, 1.807) is 6.26 Å². The molecule has 136 valence electrons. The van der Waals surface area contributed by atoms with Crippen molar-refractivity contribution in [3.63, 3.8) is 0 Å². The smallest absolute Gasteiger partial charge is 0.224 e. The van der Waals surface area contributed by atoms with Crippen LogP contribution in [0.1, 0.15) is 24.0 Å². The first-order chi connectivity index (χ1) is 12.1. The zero-order valence-electron chi connectivity index (χ0n) is 14.6. The molecule has 0 spiro atoms. The standard InChI is InChI=1S/C19H25ClN2O3/c1-13-7-18-16(9-17(13)20)15(12-25-18)8-19(24)21-4-6-22-5-2-3-14(10-22)11-23/h7,9,12,14,23H,2-6,8,10-11H2,1H3,(H,21,24)/t14-/m0/s1. The molecular weight excluding hydrogens is 340 g/mol. The summed E-state index contributed by atoms with van der Waals surface area (Å²) in [5, 5.41) is 13.8. The van der Waals surface area contributed by atoms with Crippen molar-refractivity contribution in [3.05, 3.63) is 34.5 Å². The summed E-state index contributed by atoms with van der Waals surface area (Å²) < 4.78 is 5.54. The second-order valence-corrected chi connectivity index (χ2v) is 7.28. The van der Waals surface area contributed by atoms with Crippen LogP contribution in [0.4, 0.5) is 0 Å². The Labute approximate surface area is 152 Å². The number of hydrogen-bond donors (Lipinski definition) is 2. The SMILES string of the molecule is Cc1cc2occ(CC(=O)NCCN3CCC[C@H](CO)C3)c2cc1Cl. The molecule has 1 amide bonds. The number of amides is 1. The van der Waals surface area contributed by atoms with Crippen molar-refractivity contribution in [3.8, 4) is 0 Å². The number of nitrogens with one attached hydrogen (secondary N) is 1. The molecule has 0 saturated carbocycles. The van der Waals surface area contributed by atoms with Crippen LogP contribution < -0.4 is 5.32 Å². The summed E-state index contributed by atoms with van der Waals surface area (Å²) in [6.07, 6.45) is 4.12. The van der Waals surface area contributed by atoms with Crippen LogP contribution in [0.25, 0.3) is 11.0 Å². The Kier molecular flexibility index (Phi) is 5.99. The third-order valence-corrected chi connectivity index (χ3v) is 5.30. The van der Waals surface area contributed by atoms with Crippen molar-refractivity contribution in [1.82, 2.24) is 10.2 Å². The predicted octanol–water partition coefficient (Wildman–Crippen LogP) is 2.76. The number of rotatable bonds is 6. The van der Waals surface area contributed by atoms with Gasteiger partial charge in [-0.3, -0.25) is 4.79 Å². The van der Waals surface area contributed by atoms with Crippen LogP contribution in [0.15, 0.2) is 22.8 Å². The largest absolute Gasteiger partial charge is 0.464 e. The van der Waals surface area contributed by atoms with Crippen molar-refractivity contribution in [2.45, 2.75) is 26.2 Å². The number of aliphatic hydroxyl groups is 1. The second-order valence-electron chi connectivity index (χ2n) is 6.88. The number of hydrogen-bond acceptors (Lipinski definition) is 4. The summed E-state index contributed by atoms with van der Waals surface area (Å²) in [7, 11) is 0. The van der Waals surface area contributed by atoms with Gasteiger partial charge in [0.25, 0.3) is 0 Å². The fourth-order valence-electron chi connectivity index (χ4n) is 3.43.